The summed E-state index contributed by atoms with van der Waals surface area (Å²) < 4.78 is 0. The van der Waals surface area contributed by atoms with E-state index < -0.39 is 0 Å². The number of amides is 1. The van der Waals surface area contributed by atoms with Crippen molar-refractivity contribution < 1.29 is 9.90 Å². The van der Waals surface area contributed by atoms with Crippen molar-refractivity contribution in [3.8, 4) is 0 Å². The van der Waals surface area contributed by atoms with Gasteiger partial charge in [0.2, 0.25) is 5.91 Å². The van der Waals surface area contributed by atoms with E-state index in [1.165, 1.54) is 0 Å². The fraction of sp³-hybridized carbons (Fsp3) is 0.923. The van der Waals surface area contributed by atoms with Gasteiger partial charge in [-0.05, 0) is 19.1 Å². The topological polar surface area (TPSA) is 43.8 Å². The van der Waals surface area contributed by atoms with Crippen LogP contribution in [0.2, 0.25) is 0 Å². The van der Waals surface area contributed by atoms with Crippen LogP contribution in [-0.2, 0) is 4.79 Å². The number of thioether (sulfide) groups is 1. The molecular formula is C13H26N2O2S. The molecule has 106 valence electrons. The van der Waals surface area contributed by atoms with Crippen LogP contribution in [0.3, 0.4) is 0 Å². The van der Waals surface area contributed by atoms with Crippen LogP contribution < -0.4 is 0 Å². The van der Waals surface area contributed by atoms with E-state index in [2.05, 4.69) is 18.7 Å². The summed E-state index contributed by atoms with van der Waals surface area (Å²) in [5.41, 5.74) is 0. The highest BCUT2D eigenvalue weighted by atomic mass is 32.2. The van der Waals surface area contributed by atoms with Gasteiger partial charge in [0.1, 0.15) is 0 Å². The lowest BCUT2D eigenvalue weighted by molar-refractivity contribution is -0.132. The Bertz CT molecular complexity index is 247. The molecule has 1 fully saturated rings. The highest BCUT2D eigenvalue weighted by Crippen LogP contribution is 2.16. The lowest BCUT2D eigenvalue weighted by atomic mass is 10.1. The molecule has 0 aromatic heterocycles. The van der Waals surface area contributed by atoms with Gasteiger partial charge in [0.25, 0.3) is 0 Å². The Morgan fingerprint density at radius 3 is 2.22 bits per heavy atom. The van der Waals surface area contributed by atoms with E-state index in [-0.39, 0.29) is 23.8 Å². The molecule has 2 unspecified atom stereocenters. The average Bonchev–Trinajstić information content (AvgIpc) is 2.42. The first-order valence-corrected chi connectivity index (χ1v) is 8.13. The van der Waals surface area contributed by atoms with Crippen LogP contribution in [-0.4, -0.2) is 71.1 Å². The van der Waals surface area contributed by atoms with Crippen LogP contribution in [0.25, 0.3) is 0 Å². The summed E-state index contributed by atoms with van der Waals surface area (Å²) >= 11 is 1.64. The fourth-order valence-corrected chi connectivity index (χ4v) is 3.14. The lowest BCUT2D eigenvalue weighted by Gasteiger charge is -2.39. The van der Waals surface area contributed by atoms with Crippen LogP contribution >= 0.6 is 11.8 Å². The monoisotopic (exact) mass is 274 g/mol. The van der Waals surface area contributed by atoms with Gasteiger partial charge in [-0.1, -0.05) is 13.8 Å². The van der Waals surface area contributed by atoms with Crippen molar-refractivity contribution in [1.82, 2.24) is 9.80 Å². The molecule has 0 spiro atoms. The van der Waals surface area contributed by atoms with Crippen molar-refractivity contribution in [3.05, 3.63) is 0 Å². The maximum atomic E-state index is 12.2. The van der Waals surface area contributed by atoms with Gasteiger partial charge in [-0.2, -0.15) is 11.8 Å². The van der Waals surface area contributed by atoms with Crippen LogP contribution in [0.4, 0.5) is 0 Å². The quantitative estimate of drug-likeness (QED) is 0.786. The second-order valence-electron chi connectivity index (χ2n) is 4.74. The van der Waals surface area contributed by atoms with E-state index in [1.807, 2.05) is 11.2 Å². The number of hydrogen-bond acceptors (Lipinski definition) is 4. The third kappa shape index (κ3) is 3.87. The molecule has 0 aromatic carbocycles. The molecule has 2 atom stereocenters. The average molecular weight is 274 g/mol. The third-order valence-electron chi connectivity index (χ3n) is 3.76. The molecule has 0 aliphatic carbocycles. The minimum absolute atomic E-state index is 0.108. The van der Waals surface area contributed by atoms with Gasteiger partial charge >= 0.3 is 0 Å². The Morgan fingerprint density at radius 2 is 1.83 bits per heavy atom. The Hall–Kier alpha value is -0.260. The highest BCUT2D eigenvalue weighted by Gasteiger charge is 2.27. The molecule has 5 heteroatoms. The van der Waals surface area contributed by atoms with Gasteiger partial charge in [-0.25, -0.2) is 0 Å². The number of rotatable bonds is 6. The lowest BCUT2D eigenvalue weighted by Crippen LogP contribution is -2.54. The maximum absolute atomic E-state index is 12.2. The van der Waals surface area contributed by atoms with Gasteiger partial charge in [0.05, 0.1) is 11.9 Å². The van der Waals surface area contributed by atoms with Crippen LogP contribution in [0.15, 0.2) is 0 Å². The zero-order valence-electron chi connectivity index (χ0n) is 11.8. The molecule has 18 heavy (non-hydrogen) atoms. The molecule has 1 amide bonds. The van der Waals surface area contributed by atoms with Gasteiger partial charge < -0.3 is 10.0 Å². The predicted octanol–water partition coefficient (Wildman–Crippen LogP) is 1.04. The largest absolute Gasteiger partial charge is 0.395 e. The van der Waals surface area contributed by atoms with Crippen molar-refractivity contribution in [2.75, 3.05) is 39.0 Å². The second-order valence-corrected chi connectivity index (χ2v) is 5.78. The Balaban J connectivity index is 2.45. The van der Waals surface area contributed by atoms with Crippen molar-refractivity contribution in [2.45, 2.75) is 38.0 Å². The molecule has 0 aromatic rings. The van der Waals surface area contributed by atoms with Crippen molar-refractivity contribution >= 4 is 17.7 Å². The van der Waals surface area contributed by atoms with E-state index in [4.69, 9.17) is 0 Å². The fourth-order valence-electron chi connectivity index (χ4n) is 2.46. The smallest absolute Gasteiger partial charge is 0.235 e. The Morgan fingerprint density at radius 1 is 1.22 bits per heavy atom. The molecule has 0 bridgehead atoms. The molecule has 1 aliphatic rings. The minimum atomic E-state index is 0.108. The zero-order chi connectivity index (χ0) is 13.5. The molecule has 1 N–H and O–H groups in total. The Labute approximate surface area is 115 Å². The zero-order valence-corrected chi connectivity index (χ0v) is 12.6. The van der Waals surface area contributed by atoms with Gasteiger partial charge in [0, 0.05) is 32.2 Å². The van der Waals surface area contributed by atoms with E-state index in [0.717, 1.165) is 39.0 Å². The highest BCUT2D eigenvalue weighted by molar-refractivity contribution is 7.99. The van der Waals surface area contributed by atoms with E-state index in [0.29, 0.717) is 0 Å². The van der Waals surface area contributed by atoms with E-state index in [9.17, 15) is 9.90 Å². The standard InChI is InChI=1S/C13H26N2O2S/c1-4-11(10-16)14-6-8-15(9-7-14)13(17)12(5-2)18-3/h11-12,16H,4-10H2,1-3H3. The van der Waals surface area contributed by atoms with E-state index in [1.54, 1.807) is 11.8 Å². The number of carbonyl (C=O) groups excluding carboxylic acids is 1. The number of hydrogen-bond donors (Lipinski definition) is 1. The molecule has 1 heterocycles. The van der Waals surface area contributed by atoms with Gasteiger partial charge in [-0.3, -0.25) is 9.69 Å². The third-order valence-corrected chi connectivity index (χ3v) is 4.86. The van der Waals surface area contributed by atoms with Crippen molar-refractivity contribution in [3.63, 3.8) is 0 Å². The normalized spacial score (nSPS) is 20.8. The first-order chi connectivity index (χ1) is 8.67. The summed E-state index contributed by atoms with van der Waals surface area (Å²) in [5, 5.41) is 9.40. The van der Waals surface area contributed by atoms with Crippen LogP contribution in [0.1, 0.15) is 26.7 Å². The van der Waals surface area contributed by atoms with Crippen LogP contribution in [0, 0.1) is 0 Å². The molecule has 1 saturated heterocycles. The SMILES string of the molecule is CCC(SC)C(=O)N1CCN(C(CC)CO)CC1. The maximum Gasteiger partial charge on any atom is 0.235 e. The van der Waals surface area contributed by atoms with Crippen molar-refractivity contribution in [1.29, 1.82) is 0 Å². The molecule has 1 rings (SSSR count). The van der Waals surface area contributed by atoms with Crippen LogP contribution in [0.5, 0.6) is 0 Å². The number of aliphatic hydroxyl groups excluding tert-OH is 1. The van der Waals surface area contributed by atoms with Gasteiger partial charge in [0.15, 0.2) is 0 Å². The number of nitrogens with zero attached hydrogens (tertiary/aromatic N) is 2. The molecule has 0 saturated carbocycles. The predicted molar refractivity (Wildman–Crippen MR) is 76.9 cm³/mol. The summed E-state index contributed by atoms with van der Waals surface area (Å²) in [6.45, 7) is 7.74. The molecule has 4 nitrogen and oxygen atoms in total. The van der Waals surface area contributed by atoms with Crippen molar-refractivity contribution in [2.24, 2.45) is 0 Å². The molecule has 0 radical (unpaired) electrons. The first kappa shape index (κ1) is 15.8. The Kier molecular flexibility index (Phi) is 7.04. The number of piperazine rings is 1. The summed E-state index contributed by atoms with van der Waals surface area (Å²) in [7, 11) is 0. The molecule has 1 aliphatic heterocycles. The van der Waals surface area contributed by atoms with Gasteiger partial charge in [-0.15, -0.1) is 0 Å². The summed E-state index contributed by atoms with van der Waals surface area (Å²) in [6.07, 6.45) is 3.86. The first-order valence-electron chi connectivity index (χ1n) is 6.84. The minimum Gasteiger partial charge on any atom is -0.395 e. The summed E-state index contributed by atoms with van der Waals surface area (Å²) in [6, 6.07) is 0.254. The second kappa shape index (κ2) is 8.02. The number of aliphatic hydroxyl groups is 1. The molecular weight excluding hydrogens is 248 g/mol. The van der Waals surface area contributed by atoms with E-state index >= 15 is 0 Å². The summed E-state index contributed by atoms with van der Waals surface area (Å²) in [5.74, 6) is 0.279. The number of carbonyl (C=O) groups is 1. The summed E-state index contributed by atoms with van der Waals surface area (Å²) in [4.78, 5) is 16.5.